The Balaban J connectivity index is 1.85. The van der Waals surface area contributed by atoms with E-state index in [0.717, 1.165) is 35.2 Å². The summed E-state index contributed by atoms with van der Waals surface area (Å²) in [4.78, 5) is 12.0. The lowest BCUT2D eigenvalue weighted by atomic mass is 9.85. The van der Waals surface area contributed by atoms with Crippen molar-refractivity contribution in [2.24, 2.45) is 5.92 Å². The molecule has 0 saturated heterocycles. The van der Waals surface area contributed by atoms with Crippen molar-refractivity contribution in [3.63, 3.8) is 0 Å². The van der Waals surface area contributed by atoms with Gasteiger partial charge in [0.2, 0.25) is 5.91 Å². The van der Waals surface area contributed by atoms with Gasteiger partial charge in [0, 0.05) is 21.8 Å². The van der Waals surface area contributed by atoms with Crippen LogP contribution >= 0.6 is 27.3 Å². The molecule has 1 heterocycles. The molecule has 17 heavy (non-hydrogen) atoms. The van der Waals surface area contributed by atoms with Crippen LogP contribution in [0.2, 0.25) is 0 Å². The number of hydrogen-bond donors (Lipinski definition) is 2. The summed E-state index contributed by atoms with van der Waals surface area (Å²) in [5.74, 6) is 0.356. The molecule has 2 N–H and O–H groups in total. The van der Waals surface area contributed by atoms with E-state index in [1.165, 1.54) is 0 Å². The Labute approximate surface area is 114 Å². The quantitative estimate of drug-likeness (QED) is 0.899. The molecule has 0 radical (unpaired) electrons. The van der Waals surface area contributed by atoms with Crippen LogP contribution in [0.3, 0.4) is 0 Å². The topological polar surface area (TPSA) is 41.1 Å². The molecular weight excluding hydrogens is 300 g/mol. The van der Waals surface area contributed by atoms with Crippen LogP contribution in [0.5, 0.6) is 0 Å². The summed E-state index contributed by atoms with van der Waals surface area (Å²) >= 11 is 4.94. The van der Waals surface area contributed by atoms with Crippen LogP contribution in [0, 0.1) is 5.92 Å². The molecule has 5 heteroatoms. The summed E-state index contributed by atoms with van der Waals surface area (Å²) < 4.78 is 1.02. The molecule has 2 rings (SSSR count). The highest BCUT2D eigenvalue weighted by atomic mass is 79.9. The van der Waals surface area contributed by atoms with Crippen molar-refractivity contribution in [1.82, 2.24) is 5.32 Å². The van der Waals surface area contributed by atoms with Crippen molar-refractivity contribution >= 4 is 38.2 Å². The summed E-state index contributed by atoms with van der Waals surface area (Å²) in [6.07, 6.45) is 4.18. The predicted octanol–water partition coefficient (Wildman–Crippen LogP) is 3.23. The number of nitrogens with one attached hydrogen (secondary N) is 2. The fraction of sp³-hybridized carbons (Fsp3) is 0.583. The summed E-state index contributed by atoms with van der Waals surface area (Å²) in [7, 11) is 1.99. The SMILES string of the molecule is CNC1CCC(C(=O)Nc2cc(Br)cs2)CC1. The number of thiophene rings is 1. The molecule has 1 aromatic heterocycles. The van der Waals surface area contributed by atoms with Crippen molar-refractivity contribution in [3.05, 3.63) is 15.9 Å². The maximum absolute atomic E-state index is 12.0. The third-order valence-corrected chi connectivity index (χ3v) is 4.93. The van der Waals surface area contributed by atoms with E-state index in [4.69, 9.17) is 0 Å². The van der Waals surface area contributed by atoms with Gasteiger partial charge in [-0.1, -0.05) is 0 Å². The second-order valence-electron chi connectivity index (χ2n) is 4.46. The van der Waals surface area contributed by atoms with E-state index < -0.39 is 0 Å². The first-order chi connectivity index (χ1) is 8.19. The standard InChI is InChI=1S/C12H17BrN2OS/c1-14-10-4-2-8(3-5-10)12(16)15-11-6-9(13)7-17-11/h6-8,10,14H,2-5H2,1H3,(H,15,16). The van der Waals surface area contributed by atoms with E-state index in [9.17, 15) is 4.79 Å². The van der Waals surface area contributed by atoms with Gasteiger partial charge < -0.3 is 10.6 Å². The van der Waals surface area contributed by atoms with Crippen molar-refractivity contribution < 1.29 is 4.79 Å². The van der Waals surface area contributed by atoms with E-state index in [0.29, 0.717) is 6.04 Å². The first-order valence-electron chi connectivity index (χ1n) is 5.91. The highest BCUT2D eigenvalue weighted by molar-refractivity contribution is 9.10. The number of anilines is 1. The molecule has 0 aromatic carbocycles. The third kappa shape index (κ3) is 3.53. The Morgan fingerprint density at radius 2 is 2.12 bits per heavy atom. The van der Waals surface area contributed by atoms with Gasteiger partial charge in [0.05, 0.1) is 5.00 Å². The van der Waals surface area contributed by atoms with Crippen molar-refractivity contribution in [2.75, 3.05) is 12.4 Å². The Bertz CT molecular complexity index is 386. The Hall–Kier alpha value is -0.390. The second kappa shape index (κ2) is 5.98. The number of carbonyl (C=O) groups excluding carboxylic acids is 1. The third-order valence-electron chi connectivity index (χ3n) is 3.32. The molecule has 0 spiro atoms. The molecule has 1 saturated carbocycles. The minimum absolute atomic E-state index is 0.175. The monoisotopic (exact) mass is 316 g/mol. The van der Waals surface area contributed by atoms with E-state index in [1.807, 2.05) is 18.5 Å². The highest BCUT2D eigenvalue weighted by Crippen LogP contribution is 2.28. The van der Waals surface area contributed by atoms with Gasteiger partial charge in [-0.15, -0.1) is 11.3 Å². The van der Waals surface area contributed by atoms with Crippen molar-refractivity contribution in [1.29, 1.82) is 0 Å². The minimum Gasteiger partial charge on any atom is -0.317 e. The molecule has 0 bridgehead atoms. The van der Waals surface area contributed by atoms with Gasteiger partial charge >= 0.3 is 0 Å². The Morgan fingerprint density at radius 3 is 2.65 bits per heavy atom. The van der Waals surface area contributed by atoms with Gasteiger partial charge in [0.1, 0.15) is 0 Å². The van der Waals surface area contributed by atoms with E-state index in [-0.39, 0.29) is 11.8 Å². The van der Waals surface area contributed by atoms with Crippen LogP contribution in [0.4, 0.5) is 5.00 Å². The molecule has 1 aromatic rings. The smallest absolute Gasteiger partial charge is 0.228 e. The van der Waals surface area contributed by atoms with Crippen LogP contribution in [-0.4, -0.2) is 19.0 Å². The lowest BCUT2D eigenvalue weighted by Gasteiger charge is -2.27. The van der Waals surface area contributed by atoms with Crippen LogP contribution in [-0.2, 0) is 4.79 Å². The second-order valence-corrected chi connectivity index (χ2v) is 6.28. The largest absolute Gasteiger partial charge is 0.317 e. The highest BCUT2D eigenvalue weighted by Gasteiger charge is 2.25. The Morgan fingerprint density at radius 1 is 1.41 bits per heavy atom. The maximum atomic E-state index is 12.0. The summed E-state index contributed by atoms with van der Waals surface area (Å²) in [6.45, 7) is 0. The molecule has 94 valence electrons. The fourth-order valence-electron chi connectivity index (χ4n) is 2.25. The zero-order valence-corrected chi connectivity index (χ0v) is 12.2. The molecule has 1 fully saturated rings. The van der Waals surface area contributed by atoms with E-state index in [2.05, 4.69) is 26.6 Å². The molecule has 1 aliphatic carbocycles. The van der Waals surface area contributed by atoms with Gasteiger partial charge in [0.25, 0.3) is 0 Å². The lowest BCUT2D eigenvalue weighted by molar-refractivity contribution is -0.120. The van der Waals surface area contributed by atoms with Gasteiger partial charge in [0.15, 0.2) is 0 Å². The first kappa shape index (κ1) is 13.1. The predicted molar refractivity (Wildman–Crippen MR) is 75.5 cm³/mol. The molecule has 3 nitrogen and oxygen atoms in total. The van der Waals surface area contributed by atoms with Gasteiger partial charge in [-0.2, -0.15) is 0 Å². The number of amides is 1. The van der Waals surface area contributed by atoms with Crippen molar-refractivity contribution in [2.45, 2.75) is 31.7 Å². The van der Waals surface area contributed by atoms with Gasteiger partial charge in [-0.3, -0.25) is 4.79 Å². The van der Waals surface area contributed by atoms with Crippen molar-refractivity contribution in [3.8, 4) is 0 Å². The molecule has 1 amide bonds. The lowest BCUT2D eigenvalue weighted by Crippen LogP contribution is -2.34. The van der Waals surface area contributed by atoms with E-state index >= 15 is 0 Å². The summed E-state index contributed by atoms with van der Waals surface area (Å²) in [5.41, 5.74) is 0. The maximum Gasteiger partial charge on any atom is 0.228 e. The molecule has 0 aliphatic heterocycles. The number of carbonyl (C=O) groups is 1. The molecule has 1 aliphatic rings. The number of halogens is 1. The summed E-state index contributed by atoms with van der Waals surface area (Å²) in [6, 6.07) is 2.54. The fourth-order valence-corrected chi connectivity index (χ4v) is 3.57. The average molecular weight is 317 g/mol. The molecule has 0 unspecified atom stereocenters. The zero-order valence-electron chi connectivity index (χ0n) is 9.83. The number of hydrogen-bond acceptors (Lipinski definition) is 3. The normalized spacial score (nSPS) is 24.6. The average Bonchev–Trinajstić information content (AvgIpc) is 2.75. The summed E-state index contributed by atoms with van der Waals surface area (Å²) in [5, 5.41) is 9.18. The number of rotatable bonds is 3. The van der Waals surface area contributed by atoms with E-state index in [1.54, 1.807) is 11.3 Å². The Kier molecular flexibility index (Phi) is 4.59. The zero-order chi connectivity index (χ0) is 12.3. The van der Waals surface area contributed by atoms with Crippen LogP contribution in [0.1, 0.15) is 25.7 Å². The van der Waals surface area contributed by atoms with Crippen LogP contribution in [0.15, 0.2) is 15.9 Å². The van der Waals surface area contributed by atoms with Gasteiger partial charge in [-0.25, -0.2) is 0 Å². The van der Waals surface area contributed by atoms with Crippen LogP contribution < -0.4 is 10.6 Å². The van der Waals surface area contributed by atoms with Crippen LogP contribution in [0.25, 0.3) is 0 Å². The molecular formula is C12H17BrN2OS. The molecule has 0 atom stereocenters. The first-order valence-corrected chi connectivity index (χ1v) is 7.58. The van der Waals surface area contributed by atoms with Gasteiger partial charge in [-0.05, 0) is 54.7 Å². The minimum atomic E-state index is 0.175.